The molecule has 6 nitrogen and oxygen atoms in total. The first-order valence-electron chi connectivity index (χ1n) is 7.31. The van der Waals surface area contributed by atoms with E-state index >= 15 is 0 Å². The molecule has 0 spiro atoms. The molecule has 0 radical (unpaired) electrons. The van der Waals surface area contributed by atoms with Crippen LogP contribution in [0.15, 0.2) is 46.9 Å². The highest BCUT2D eigenvalue weighted by Gasteiger charge is 2.33. The number of halogens is 3. The van der Waals surface area contributed by atoms with Crippen LogP contribution >= 0.6 is 23.1 Å². The van der Waals surface area contributed by atoms with E-state index in [9.17, 15) is 18.0 Å². The molecule has 136 valence electrons. The Morgan fingerprint density at radius 3 is 2.65 bits per heavy atom. The molecule has 26 heavy (non-hydrogen) atoms. The third kappa shape index (κ3) is 5.05. The lowest BCUT2D eigenvalue weighted by Crippen LogP contribution is -2.19. The summed E-state index contributed by atoms with van der Waals surface area (Å²) in [6, 6.07) is 10.6. The van der Waals surface area contributed by atoms with Crippen molar-refractivity contribution >= 4 is 34.1 Å². The molecule has 0 bridgehead atoms. The molecule has 2 heterocycles. The second-order valence-corrected chi connectivity index (χ2v) is 7.29. The molecule has 1 N–H and O–H groups in total. The van der Waals surface area contributed by atoms with Gasteiger partial charge in [0.2, 0.25) is 11.0 Å². The number of alkyl halides is 3. The van der Waals surface area contributed by atoms with E-state index in [1.165, 1.54) is 23.1 Å². The van der Waals surface area contributed by atoms with Crippen molar-refractivity contribution in [2.45, 2.75) is 22.8 Å². The topological polar surface area (TPSA) is 72.7 Å². The van der Waals surface area contributed by atoms with Crippen molar-refractivity contribution in [1.29, 1.82) is 0 Å². The van der Waals surface area contributed by atoms with Gasteiger partial charge in [0.05, 0.1) is 0 Å². The summed E-state index contributed by atoms with van der Waals surface area (Å²) in [5.74, 6) is 0.189. The fourth-order valence-electron chi connectivity index (χ4n) is 1.94. The Hall–Kier alpha value is -2.40. The van der Waals surface area contributed by atoms with E-state index in [-0.39, 0.29) is 11.7 Å². The number of thioether (sulfide) groups is 1. The van der Waals surface area contributed by atoms with Crippen molar-refractivity contribution < 1.29 is 18.0 Å². The molecular formula is C15H12F3N5OS2. The Morgan fingerprint density at radius 1 is 1.19 bits per heavy atom. The van der Waals surface area contributed by atoms with Crippen molar-refractivity contribution in [3.05, 3.63) is 53.9 Å². The zero-order valence-electron chi connectivity index (χ0n) is 13.1. The maximum atomic E-state index is 12.5. The van der Waals surface area contributed by atoms with Gasteiger partial charge in [0.1, 0.15) is 6.54 Å². The average Bonchev–Trinajstić information content (AvgIpc) is 3.23. The highest BCUT2D eigenvalue weighted by molar-refractivity contribution is 8.00. The van der Waals surface area contributed by atoms with Crippen LogP contribution in [0.1, 0.15) is 11.3 Å². The maximum absolute atomic E-state index is 12.5. The summed E-state index contributed by atoms with van der Waals surface area (Å²) in [6.07, 6.45) is -3.44. The van der Waals surface area contributed by atoms with Crippen molar-refractivity contribution in [3.8, 4) is 0 Å². The number of amides is 1. The third-order valence-electron chi connectivity index (χ3n) is 3.09. The van der Waals surface area contributed by atoms with Crippen molar-refractivity contribution in [3.63, 3.8) is 0 Å². The molecule has 0 aliphatic heterocycles. The minimum Gasteiger partial charge on any atom is -0.299 e. The molecule has 1 aromatic carbocycles. The van der Waals surface area contributed by atoms with E-state index in [0.717, 1.165) is 28.3 Å². The molecule has 0 aliphatic carbocycles. The number of hydrogen-bond donors (Lipinski definition) is 1. The predicted octanol–water partition coefficient (Wildman–Crippen LogP) is 3.68. The van der Waals surface area contributed by atoms with Crippen molar-refractivity contribution in [2.24, 2.45) is 0 Å². The maximum Gasteiger partial charge on any atom is 0.435 e. The van der Waals surface area contributed by atoms with Crippen LogP contribution in [0.2, 0.25) is 0 Å². The summed E-state index contributed by atoms with van der Waals surface area (Å²) >= 11 is 2.68. The summed E-state index contributed by atoms with van der Waals surface area (Å²) in [5, 5.41) is 14.0. The first-order valence-corrected chi connectivity index (χ1v) is 9.11. The number of anilines is 1. The van der Waals surface area contributed by atoms with Gasteiger partial charge >= 0.3 is 6.18 Å². The lowest BCUT2D eigenvalue weighted by atomic mass is 10.2. The Morgan fingerprint density at radius 2 is 1.96 bits per heavy atom. The number of carbonyl (C=O) groups is 1. The predicted molar refractivity (Wildman–Crippen MR) is 91.8 cm³/mol. The third-order valence-corrected chi connectivity index (χ3v) is 5.14. The van der Waals surface area contributed by atoms with Gasteiger partial charge in [0.25, 0.3) is 0 Å². The van der Waals surface area contributed by atoms with E-state index in [4.69, 9.17) is 0 Å². The molecule has 0 saturated heterocycles. The summed E-state index contributed by atoms with van der Waals surface area (Å²) in [7, 11) is 0. The Labute approximate surface area is 154 Å². The zero-order valence-corrected chi connectivity index (χ0v) is 14.7. The van der Waals surface area contributed by atoms with Gasteiger partial charge in [-0.3, -0.25) is 14.8 Å². The molecule has 2 aromatic heterocycles. The quantitative estimate of drug-likeness (QED) is 0.506. The number of rotatable bonds is 6. The van der Waals surface area contributed by atoms with E-state index in [2.05, 4.69) is 20.6 Å². The first kappa shape index (κ1) is 18.4. The standard InChI is InChI=1S/C15H12F3N5OS2/c16-15(17,18)11-6-7-23(22-11)8-12(24)19-13-20-21-14(26-13)25-9-10-4-2-1-3-5-10/h1-7H,8-9H2,(H,19,20,24). The Kier molecular flexibility index (Phi) is 5.57. The van der Waals surface area contributed by atoms with Gasteiger partial charge in [-0.15, -0.1) is 10.2 Å². The smallest absolute Gasteiger partial charge is 0.299 e. The molecule has 0 aliphatic rings. The number of nitrogens with zero attached hydrogens (tertiary/aromatic N) is 4. The molecule has 11 heteroatoms. The van der Waals surface area contributed by atoms with Gasteiger partial charge in [-0.05, 0) is 11.6 Å². The number of benzene rings is 1. The minimum atomic E-state index is -4.54. The van der Waals surface area contributed by atoms with Crippen LogP contribution in [-0.4, -0.2) is 25.9 Å². The first-order chi connectivity index (χ1) is 12.4. The minimum absolute atomic E-state index is 0.286. The van der Waals surface area contributed by atoms with Crippen LogP contribution in [0.5, 0.6) is 0 Å². The van der Waals surface area contributed by atoms with Crippen LogP contribution in [0.3, 0.4) is 0 Å². The van der Waals surface area contributed by atoms with Crippen LogP contribution in [0.25, 0.3) is 0 Å². The zero-order chi connectivity index (χ0) is 18.6. The fourth-order valence-corrected chi connectivity index (χ4v) is 3.67. The van der Waals surface area contributed by atoms with Gasteiger partial charge < -0.3 is 0 Å². The summed E-state index contributed by atoms with van der Waals surface area (Å²) in [5.41, 5.74) is 0.0956. The van der Waals surface area contributed by atoms with E-state index in [1.54, 1.807) is 0 Å². The lowest BCUT2D eigenvalue weighted by Gasteiger charge is -2.03. The second kappa shape index (κ2) is 7.87. The van der Waals surface area contributed by atoms with Crippen LogP contribution in [0.4, 0.5) is 18.3 Å². The van der Waals surface area contributed by atoms with Crippen LogP contribution < -0.4 is 5.32 Å². The molecule has 3 rings (SSSR count). The number of aromatic nitrogens is 4. The normalized spacial score (nSPS) is 11.5. The molecular weight excluding hydrogens is 387 g/mol. The largest absolute Gasteiger partial charge is 0.435 e. The van der Waals surface area contributed by atoms with Gasteiger partial charge in [-0.2, -0.15) is 18.3 Å². The molecule has 0 unspecified atom stereocenters. The lowest BCUT2D eigenvalue weighted by molar-refractivity contribution is -0.141. The summed E-state index contributed by atoms with van der Waals surface area (Å²) in [6.45, 7) is -0.345. The molecule has 0 fully saturated rings. The number of nitrogens with one attached hydrogen (secondary N) is 1. The molecule has 1 amide bonds. The van der Waals surface area contributed by atoms with E-state index in [0.29, 0.717) is 4.34 Å². The van der Waals surface area contributed by atoms with Gasteiger partial charge in [0.15, 0.2) is 10.0 Å². The van der Waals surface area contributed by atoms with E-state index < -0.39 is 17.8 Å². The fraction of sp³-hybridized carbons (Fsp3) is 0.200. The summed E-state index contributed by atoms with van der Waals surface area (Å²) in [4.78, 5) is 11.9. The van der Waals surface area contributed by atoms with Gasteiger partial charge in [0, 0.05) is 11.9 Å². The number of carbonyl (C=O) groups excluding carboxylic acids is 1. The average molecular weight is 399 g/mol. The van der Waals surface area contributed by atoms with Crippen molar-refractivity contribution in [1.82, 2.24) is 20.0 Å². The van der Waals surface area contributed by atoms with Crippen LogP contribution in [-0.2, 0) is 23.3 Å². The SMILES string of the molecule is O=C(Cn1ccc(C(F)(F)F)n1)Nc1nnc(SCc2ccccc2)s1. The van der Waals surface area contributed by atoms with E-state index in [1.807, 2.05) is 30.3 Å². The Balaban J connectivity index is 1.52. The van der Waals surface area contributed by atoms with Crippen LogP contribution in [0, 0.1) is 0 Å². The summed E-state index contributed by atoms with van der Waals surface area (Å²) < 4.78 is 39.1. The number of hydrogen-bond acceptors (Lipinski definition) is 6. The van der Waals surface area contributed by atoms with Gasteiger partial charge in [-0.1, -0.05) is 53.4 Å². The monoisotopic (exact) mass is 399 g/mol. The molecule has 3 aromatic rings. The Bertz CT molecular complexity index is 879. The highest BCUT2D eigenvalue weighted by atomic mass is 32.2. The highest BCUT2D eigenvalue weighted by Crippen LogP contribution is 2.29. The second-order valence-electron chi connectivity index (χ2n) is 5.09. The molecule has 0 atom stereocenters. The van der Waals surface area contributed by atoms with Gasteiger partial charge in [-0.25, -0.2) is 0 Å². The van der Waals surface area contributed by atoms with Crippen molar-refractivity contribution in [2.75, 3.05) is 5.32 Å². The molecule has 0 saturated carbocycles.